The maximum absolute atomic E-state index is 12.8. The summed E-state index contributed by atoms with van der Waals surface area (Å²) >= 11 is 1.47. The van der Waals surface area contributed by atoms with Gasteiger partial charge in [-0.25, -0.2) is 0 Å². The van der Waals surface area contributed by atoms with Crippen LogP contribution in [0.2, 0.25) is 0 Å². The second kappa shape index (κ2) is 9.72. The van der Waals surface area contributed by atoms with Crippen LogP contribution in [0.5, 0.6) is 5.75 Å². The molecule has 2 aromatic heterocycles. The van der Waals surface area contributed by atoms with E-state index in [1.54, 1.807) is 30.3 Å². The molecule has 0 amide bonds. The summed E-state index contributed by atoms with van der Waals surface area (Å²) in [5.74, 6) is -0.761. The average Bonchev–Trinajstić information content (AvgIpc) is 3.46. The van der Waals surface area contributed by atoms with E-state index >= 15 is 0 Å². The molecule has 0 saturated heterocycles. The lowest BCUT2D eigenvalue weighted by molar-refractivity contribution is -0.138. The van der Waals surface area contributed by atoms with Crippen molar-refractivity contribution in [3.8, 4) is 16.2 Å². The highest BCUT2D eigenvalue weighted by molar-refractivity contribution is 7.15. The molecule has 4 rings (SSSR count). The van der Waals surface area contributed by atoms with E-state index in [4.69, 9.17) is 9.26 Å². The van der Waals surface area contributed by atoms with Gasteiger partial charge < -0.3 is 14.4 Å². The third-order valence-electron chi connectivity index (χ3n) is 5.36. The van der Waals surface area contributed by atoms with Gasteiger partial charge in [-0.15, -0.1) is 11.3 Å². The first-order valence-corrected chi connectivity index (χ1v) is 11.1. The maximum Gasteiger partial charge on any atom is 0.416 e. The number of thiophene rings is 1. The van der Waals surface area contributed by atoms with Crippen molar-refractivity contribution in [1.82, 2.24) is 5.16 Å². The van der Waals surface area contributed by atoms with E-state index in [1.807, 2.05) is 13.0 Å². The Labute approximate surface area is 197 Å². The molecule has 0 radical (unpaired) electrons. The molecular weight excluding hydrogens is 467 g/mol. The number of aliphatic carboxylic acids is 1. The van der Waals surface area contributed by atoms with Crippen LogP contribution in [-0.4, -0.2) is 16.2 Å². The van der Waals surface area contributed by atoms with Gasteiger partial charge in [0.05, 0.1) is 17.7 Å². The van der Waals surface area contributed by atoms with E-state index in [0.717, 1.165) is 33.0 Å². The van der Waals surface area contributed by atoms with Crippen LogP contribution in [0.3, 0.4) is 0 Å². The zero-order chi connectivity index (χ0) is 24.3. The molecule has 1 atom stereocenters. The zero-order valence-electron chi connectivity index (χ0n) is 18.0. The second-order valence-corrected chi connectivity index (χ2v) is 8.86. The molecule has 34 heavy (non-hydrogen) atoms. The summed E-state index contributed by atoms with van der Waals surface area (Å²) in [5.41, 5.74) is 2.35. The number of nitrogens with zero attached hydrogens (tertiary/aromatic N) is 1. The number of carboxylic acid groups (broad SMARTS) is 1. The number of ether oxygens (including phenoxy) is 1. The number of hydrogen-bond donors (Lipinski definition) is 1. The molecule has 0 aliphatic heterocycles. The first-order chi connectivity index (χ1) is 16.2. The largest absolute Gasteiger partial charge is 0.488 e. The Hall–Kier alpha value is -3.59. The minimum Gasteiger partial charge on any atom is -0.488 e. The monoisotopic (exact) mass is 487 g/mol. The standard InChI is InChI=1S/C25H20F3NO4S/c1-15-12-22(17-2-6-18(7-3-17)25(26,27)28)34-23(15)14-32-19-8-4-16(5-9-19)20(13-24(30)31)21-10-11-33-29-21/h2-12,20H,13-14H2,1H3,(H,30,31)/t20-/m0/s1. The smallest absolute Gasteiger partial charge is 0.416 e. The lowest BCUT2D eigenvalue weighted by Gasteiger charge is -2.13. The van der Waals surface area contributed by atoms with E-state index in [-0.39, 0.29) is 6.42 Å². The van der Waals surface area contributed by atoms with Gasteiger partial charge in [0.25, 0.3) is 0 Å². The van der Waals surface area contributed by atoms with Crippen LogP contribution in [0.15, 0.2) is 71.4 Å². The van der Waals surface area contributed by atoms with Gasteiger partial charge in [-0.1, -0.05) is 29.4 Å². The molecule has 0 saturated carbocycles. The van der Waals surface area contributed by atoms with Crippen molar-refractivity contribution in [1.29, 1.82) is 0 Å². The minimum absolute atomic E-state index is 0.117. The second-order valence-electron chi connectivity index (χ2n) is 7.72. The Bertz CT molecular complexity index is 1250. The topological polar surface area (TPSA) is 72.6 Å². The number of aromatic nitrogens is 1. The highest BCUT2D eigenvalue weighted by Crippen LogP contribution is 2.35. The summed E-state index contributed by atoms with van der Waals surface area (Å²) in [6, 6.07) is 15.8. The Morgan fingerprint density at radius 2 is 1.82 bits per heavy atom. The molecule has 0 unspecified atom stereocenters. The summed E-state index contributed by atoms with van der Waals surface area (Å²) in [5, 5.41) is 13.1. The van der Waals surface area contributed by atoms with Crippen molar-refractivity contribution in [2.24, 2.45) is 0 Å². The first-order valence-electron chi connectivity index (χ1n) is 10.3. The number of aryl methyl sites for hydroxylation is 1. The first kappa shape index (κ1) is 23.6. The quantitative estimate of drug-likeness (QED) is 0.292. The number of halogens is 3. The highest BCUT2D eigenvalue weighted by atomic mass is 32.1. The number of hydrogen-bond acceptors (Lipinski definition) is 5. The number of carbonyl (C=O) groups is 1. The summed E-state index contributed by atoms with van der Waals surface area (Å²) in [6.45, 7) is 2.23. The lowest BCUT2D eigenvalue weighted by atomic mass is 9.92. The number of benzene rings is 2. The minimum atomic E-state index is -4.36. The van der Waals surface area contributed by atoms with Crippen LogP contribution < -0.4 is 4.74 Å². The maximum atomic E-state index is 12.8. The number of rotatable bonds is 8. The molecule has 2 aromatic carbocycles. The Balaban J connectivity index is 1.44. The molecule has 0 spiro atoms. The van der Waals surface area contributed by atoms with Gasteiger partial charge in [-0.2, -0.15) is 13.2 Å². The van der Waals surface area contributed by atoms with Gasteiger partial charge >= 0.3 is 12.1 Å². The van der Waals surface area contributed by atoms with Crippen molar-refractivity contribution in [2.75, 3.05) is 0 Å². The van der Waals surface area contributed by atoms with Gasteiger partial charge in [0.2, 0.25) is 0 Å². The van der Waals surface area contributed by atoms with Crippen LogP contribution in [0.25, 0.3) is 10.4 Å². The van der Waals surface area contributed by atoms with Crippen molar-refractivity contribution < 1.29 is 32.3 Å². The van der Waals surface area contributed by atoms with Gasteiger partial charge in [0.15, 0.2) is 0 Å². The fraction of sp³-hybridized carbons (Fsp3) is 0.200. The van der Waals surface area contributed by atoms with Gasteiger partial charge in [0, 0.05) is 21.7 Å². The van der Waals surface area contributed by atoms with Crippen LogP contribution in [0, 0.1) is 6.92 Å². The molecule has 176 valence electrons. The predicted octanol–water partition coefficient (Wildman–Crippen LogP) is 6.92. The predicted molar refractivity (Wildman–Crippen MR) is 121 cm³/mol. The molecular formula is C25H20F3NO4S. The summed E-state index contributed by atoms with van der Waals surface area (Å²) < 4.78 is 49.2. The summed E-state index contributed by atoms with van der Waals surface area (Å²) in [7, 11) is 0. The molecule has 0 aliphatic rings. The van der Waals surface area contributed by atoms with Crippen molar-refractivity contribution in [3.05, 3.63) is 94.2 Å². The van der Waals surface area contributed by atoms with Gasteiger partial charge in [-0.3, -0.25) is 4.79 Å². The van der Waals surface area contributed by atoms with Crippen LogP contribution >= 0.6 is 11.3 Å². The molecule has 4 aromatic rings. The fourth-order valence-electron chi connectivity index (χ4n) is 3.54. The van der Waals surface area contributed by atoms with Crippen LogP contribution in [0.1, 0.15) is 39.6 Å². The van der Waals surface area contributed by atoms with Gasteiger partial charge in [0.1, 0.15) is 18.6 Å². The Kier molecular flexibility index (Phi) is 6.74. The molecule has 0 bridgehead atoms. The molecule has 0 aliphatic carbocycles. The Morgan fingerprint density at radius 1 is 1.12 bits per heavy atom. The van der Waals surface area contributed by atoms with Crippen LogP contribution in [0.4, 0.5) is 13.2 Å². The highest BCUT2D eigenvalue weighted by Gasteiger charge is 2.30. The van der Waals surface area contributed by atoms with E-state index in [0.29, 0.717) is 23.6 Å². The van der Waals surface area contributed by atoms with Crippen molar-refractivity contribution >= 4 is 17.3 Å². The van der Waals surface area contributed by atoms with E-state index in [1.165, 1.54) is 29.7 Å². The third kappa shape index (κ3) is 5.48. The van der Waals surface area contributed by atoms with Gasteiger partial charge in [-0.05, 0) is 53.9 Å². The van der Waals surface area contributed by atoms with E-state index in [9.17, 15) is 23.1 Å². The normalized spacial score (nSPS) is 12.5. The lowest BCUT2D eigenvalue weighted by Crippen LogP contribution is -2.08. The van der Waals surface area contributed by atoms with Crippen LogP contribution in [-0.2, 0) is 17.6 Å². The fourth-order valence-corrected chi connectivity index (χ4v) is 4.64. The molecule has 9 heteroatoms. The zero-order valence-corrected chi connectivity index (χ0v) is 18.8. The average molecular weight is 487 g/mol. The van der Waals surface area contributed by atoms with Crippen molar-refractivity contribution in [2.45, 2.75) is 32.0 Å². The Morgan fingerprint density at radius 3 is 2.41 bits per heavy atom. The number of carboxylic acids is 1. The molecule has 2 heterocycles. The SMILES string of the molecule is Cc1cc(-c2ccc(C(F)(F)F)cc2)sc1COc1ccc([C@H](CC(=O)O)c2ccon2)cc1. The summed E-state index contributed by atoms with van der Waals surface area (Å²) in [6.07, 6.45) is -3.07. The van der Waals surface area contributed by atoms with E-state index < -0.39 is 23.6 Å². The van der Waals surface area contributed by atoms with Crippen molar-refractivity contribution in [3.63, 3.8) is 0 Å². The summed E-state index contributed by atoms with van der Waals surface area (Å²) in [4.78, 5) is 13.1. The molecule has 1 N–H and O–H groups in total. The molecule has 5 nitrogen and oxygen atoms in total. The molecule has 0 fully saturated rings. The third-order valence-corrected chi connectivity index (χ3v) is 6.62. The van der Waals surface area contributed by atoms with E-state index in [2.05, 4.69) is 5.16 Å². The number of alkyl halides is 3.